The summed E-state index contributed by atoms with van der Waals surface area (Å²) in [5, 5.41) is 2.69. The first kappa shape index (κ1) is 25.7. The van der Waals surface area contributed by atoms with Gasteiger partial charge in [0.15, 0.2) is 6.61 Å². The van der Waals surface area contributed by atoms with Crippen LogP contribution in [0, 0.1) is 19.8 Å². The standard InChI is InChI=1S/C25H32N2O6S/c1-17-8-10-27(11-9-17)34(30,31)23-14-21(12-18(2)19(23)3)25(29)33-16-24(28)26-15-20-6-5-7-22(13-20)32-4/h5-7,12-14,17H,8-11,15-16H2,1-4H3,(H,26,28). The van der Waals surface area contributed by atoms with E-state index in [2.05, 4.69) is 12.2 Å². The summed E-state index contributed by atoms with van der Waals surface area (Å²) < 4.78 is 38.3. The van der Waals surface area contributed by atoms with Crippen LogP contribution in [0.5, 0.6) is 5.75 Å². The van der Waals surface area contributed by atoms with Crippen LogP contribution in [0.4, 0.5) is 0 Å². The van der Waals surface area contributed by atoms with Crippen molar-refractivity contribution < 1.29 is 27.5 Å². The van der Waals surface area contributed by atoms with E-state index in [1.165, 1.54) is 10.4 Å². The molecule has 2 aromatic rings. The SMILES string of the molecule is COc1cccc(CNC(=O)COC(=O)c2cc(C)c(C)c(S(=O)(=O)N3CCC(C)CC3)c2)c1. The van der Waals surface area contributed by atoms with Crippen molar-refractivity contribution in [1.82, 2.24) is 9.62 Å². The van der Waals surface area contributed by atoms with Crippen molar-refractivity contribution in [3.63, 3.8) is 0 Å². The van der Waals surface area contributed by atoms with E-state index in [0.717, 1.165) is 18.4 Å². The molecule has 0 aromatic heterocycles. The quantitative estimate of drug-likeness (QED) is 0.573. The number of hydrogen-bond acceptors (Lipinski definition) is 6. The Bertz CT molecular complexity index is 1150. The number of aryl methyl sites for hydroxylation is 1. The zero-order chi connectivity index (χ0) is 24.9. The maximum Gasteiger partial charge on any atom is 0.338 e. The van der Waals surface area contributed by atoms with Crippen molar-refractivity contribution in [2.75, 3.05) is 26.8 Å². The Labute approximate surface area is 201 Å². The number of rotatable bonds is 8. The van der Waals surface area contributed by atoms with Crippen molar-refractivity contribution in [1.29, 1.82) is 0 Å². The number of nitrogens with one attached hydrogen (secondary N) is 1. The van der Waals surface area contributed by atoms with E-state index in [1.807, 2.05) is 12.1 Å². The molecule has 1 saturated heterocycles. The maximum atomic E-state index is 13.3. The molecule has 0 saturated carbocycles. The first-order chi connectivity index (χ1) is 16.1. The van der Waals surface area contributed by atoms with Crippen LogP contribution in [0.15, 0.2) is 41.3 Å². The molecule has 0 bridgehead atoms. The van der Waals surface area contributed by atoms with Gasteiger partial charge in [-0.25, -0.2) is 13.2 Å². The molecule has 9 heteroatoms. The van der Waals surface area contributed by atoms with E-state index < -0.39 is 28.5 Å². The van der Waals surface area contributed by atoms with Crippen LogP contribution < -0.4 is 10.1 Å². The number of hydrogen-bond donors (Lipinski definition) is 1. The second-order valence-corrected chi connectivity index (χ2v) is 10.6. The van der Waals surface area contributed by atoms with Gasteiger partial charge in [0.05, 0.1) is 17.6 Å². The predicted molar refractivity (Wildman–Crippen MR) is 128 cm³/mol. The Kier molecular flexibility index (Phi) is 8.33. The van der Waals surface area contributed by atoms with Gasteiger partial charge in [-0.2, -0.15) is 4.31 Å². The van der Waals surface area contributed by atoms with Crippen LogP contribution >= 0.6 is 0 Å². The number of carbonyl (C=O) groups excluding carboxylic acids is 2. The highest BCUT2D eigenvalue weighted by Crippen LogP contribution is 2.28. The van der Waals surface area contributed by atoms with Crippen molar-refractivity contribution in [2.45, 2.75) is 45.1 Å². The third-order valence-electron chi connectivity index (χ3n) is 6.17. The number of sulfonamides is 1. The molecule has 1 N–H and O–H groups in total. The fraction of sp³-hybridized carbons (Fsp3) is 0.440. The molecule has 3 rings (SSSR count). The summed E-state index contributed by atoms with van der Waals surface area (Å²) in [6.07, 6.45) is 1.62. The summed E-state index contributed by atoms with van der Waals surface area (Å²) in [4.78, 5) is 24.9. The second-order valence-electron chi connectivity index (χ2n) is 8.71. The molecule has 1 heterocycles. The number of carbonyl (C=O) groups is 2. The summed E-state index contributed by atoms with van der Waals surface area (Å²) >= 11 is 0. The fourth-order valence-corrected chi connectivity index (χ4v) is 5.62. The van der Waals surface area contributed by atoms with E-state index in [1.54, 1.807) is 39.2 Å². The maximum absolute atomic E-state index is 13.3. The minimum absolute atomic E-state index is 0.104. The van der Waals surface area contributed by atoms with Crippen LogP contribution in [-0.4, -0.2) is 51.4 Å². The zero-order valence-corrected chi connectivity index (χ0v) is 20.9. The van der Waals surface area contributed by atoms with Crippen LogP contribution in [-0.2, 0) is 26.1 Å². The van der Waals surface area contributed by atoms with Gasteiger partial charge < -0.3 is 14.8 Å². The Morgan fingerprint density at radius 2 is 1.82 bits per heavy atom. The van der Waals surface area contributed by atoms with Gasteiger partial charge in [-0.15, -0.1) is 0 Å². The minimum atomic E-state index is -3.73. The van der Waals surface area contributed by atoms with Crippen molar-refractivity contribution in [3.05, 3.63) is 58.7 Å². The smallest absolute Gasteiger partial charge is 0.338 e. The molecule has 0 radical (unpaired) electrons. The number of benzene rings is 2. The lowest BCUT2D eigenvalue weighted by molar-refractivity contribution is -0.124. The second kappa shape index (κ2) is 11.0. The summed E-state index contributed by atoms with van der Waals surface area (Å²) in [5.74, 6) is -0.0398. The van der Waals surface area contributed by atoms with Gasteiger partial charge in [0.1, 0.15) is 5.75 Å². The molecule has 0 aliphatic carbocycles. The van der Waals surface area contributed by atoms with Crippen LogP contribution in [0.3, 0.4) is 0 Å². The van der Waals surface area contributed by atoms with E-state index in [4.69, 9.17) is 9.47 Å². The number of ether oxygens (including phenoxy) is 2. The highest BCUT2D eigenvalue weighted by Gasteiger charge is 2.30. The molecule has 1 amide bonds. The fourth-order valence-electron chi connectivity index (χ4n) is 3.83. The van der Waals surface area contributed by atoms with Gasteiger partial charge in [-0.1, -0.05) is 19.1 Å². The normalized spacial score (nSPS) is 15.1. The Morgan fingerprint density at radius 3 is 2.50 bits per heavy atom. The summed E-state index contributed by atoms with van der Waals surface area (Å²) in [6, 6.07) is 10.2. The average molecular weight is 489 g/mol. The number of nitrogens with zero attached hydrogens (tertiary/aromatic N) is 1. The molecule has 1 aliphatic heterocycles. The van der Waals surface area contributed by atoms with E-state index >= 15 is 0 Å². The van der Waals surface area contributed by atoms with Crippen LogP contribution in [0.25, 0.3) is 0 Å². The van der Waals surface area contributed by atoms with E-state index in [0.29, 0.717) is 35.9 Å². The largest absolute Gasteiger partial charge is 0.497 e. The Hall–Kier alpha value is -2.91. The van der Waals surface area contributed by atoms with Gasteiger partial charge in [0.25, 0.3) is 5.91 Å². The summed E-state index contributed by atoms with van der Waals surface area (Å²) in [5.41, 5.74) is 2.22. The third kappa shape index (κ3) is 6.15. The Balaban J connectivity index is 1.65. The first-order valence-corrected chi connectivity index (χ1v) is 12.7. The molecule has 0 spiro atoms. The monoisotopic (exact) mass is 488 g/mol. The van der Waals surface area contributed by atoms with E-state index in [9.17, 15) is 18.0 Å². The van der Waals surface area contributed by atoms with Gasteiger partial charge in [0, 0.05) is 19.6 Å². The highest BCUT2D eigenvalue weighted by molar-refractivity contribution is 7.89. The Morgan fingerprint density at radius 1 is 1.12 bits per heavy atom. The van der Waals surface area contributed by atoms with Gasteiger partial charge >= 0.3 is 5.97 Å². The lowest BCUT2D eigenvalue weighted by atomic mass is 10.0. The minimum Gasteiger partial charge on any atom is -0.497 e. The first-order valence-electron chi connectivity index (χ1n) is 11.3. The number of amides is 1. The zero-order valence-electron chi connectivity index (χ0n) is 20.1. The molecule has 184 valence electrons. The predicted octanol–water partition coefficient (Wildman–Crippen LogP) is 3.21. The molecule has 1 aliphatic rings. The summed E-state index contributed by atoms with van der Waals surface area (Å²) in [6.45, 7) is 6.31. The van der Waals surface area contributed by atoms with Crippen LogP contribution in [0.2, 0.25) is 0 Å². The molecule has 0 unspecified atom stereocenters. The van der Waals surface area contributed by atoms with Gasteiger partial charge in [-0.3, -0.25) is 4.79 Å². The lowest BCUT2D eigenvalue weighted by Gasteiger charge is -2.30. The van der Waals surface area contributed by atoms with E-state index in [-0.39, 0.29) is 17.0 Å². The summed E-state index contributed by atoms with van der Waals surface area (Å²) in [7, 11) is -2.17. The molecular weight excluding hydrogens is 456 g/mol. The molecular formula is C25H32N2O6S. The molecule has 2 aromatic carbocycles. The van der Waals surface area contributed by atoms with Gasteiger partial charge in [0.2, 0.25) is 10.0 Å². The lowest BCUT2D eigenvalue weighted by Crippen LogP contribution is -2.38. The van der Waals surface area contributed by atoms with Gasteiger partial charge in [-0.05, 0) is 73.6 Å². The third-order valence-corrected chi connectivity index (χ3v) is 8.20. The molecule has 8 nitrogen and oxygen atoms in total. The number of methoxy groups -OCH3 is 1. The van der Waals surface area contributed by atoms with Crippen LogP contribution in [0.1, 0.15) is 46.8 Å². The number of piperidine rings is 1. The molecule has 34 heavy (non-hydrogen) atoms. The topological polar surface area (TPSA) is 102 Å². The highest BCUT2D eigenvalue weighted by atomic mass is 32.2. The molecule has 0 atom stereocenters. The van der Waals surface area contributed by atoms with Crippen molar-refractivity contribution in [2.24, 2.45) is 5.92 Å². The van der Waals surface area contributed by atoms with Crippen molar-refractivity contribution >= 4 is 21.9 Å². The number of esters is 1. The average Bonchev–Trinajstić information content (AvgIpc) is 2.83. The molecule has 1 fully saturated rings. The van der Waals surface area contributed by atoms with Crippen molar-refractivity contribution in [3.8, 4) is 5.75 Å².